The molecule has 2 aromatic rings. The number of nitrogens with zero attached hydrogens (tertiary/aromatic N) is 2. The minimum absolute atomic E-state index is 0. The Morgan fingerprint density at radius 2 is 2.19 bits per heavy atom. The van der Waals surface area contributed by atoms with Crippen LogP contribution in [-0.2, 0) is 11.3 Å². The van der Waals surface area contributed by atoms with Crippen LogP contribution in [0.1, 0.15) is 36.6 Å². The van der Waals surface area contributed by atoms with Gasteiger partial charge in [-0.1, -0.05) is 6.07 Å². The summed E-state index contributed by atoms with van der Waals surface area (Å²) in [5.74, 6) is 1.04. The van der Waals surface area contributed by atoms with Crippen molar-refractivity contribution in [2.75, 3.05) is 32.8 Å². The number of H-pyrrole nitrogens is 1. The Labute approximate surface area is 179 Å². The number of aromatic nitrogens is 1. The van der Waals surface area contributed by atoms with Gasteiger partial charge < -0.3 is 19.9 Å². The number of aromatic amines is 1. The van der Waals surface area contributed by atoms with Gasteiger partial charge in [0.2, 0.25) is 0 Å². The van der Waals surface area contributed by atoms with Crippen LogP contribution in [0.4, 0.5) is 0 Å². The normalized spacial score (nSPS) is 22.6. The number of halogens is 1. The summed E-state index contributed by atoms with van der Waals surface area (Å²) in [5.41, 5.74) is 5.40. The first-order valence-electron chi connectivity index (χ1n) is 9.79. The van der Waals surface area contributed by atoms with E-state index in [1.165, 1.54) is 40.6 Å². The topological polar surface area (TPSA) is 52.7 Å². The molecule has 2 saturated heterocycles. The molecule has 2 aliphatic heterocycles. The Morgan fingerprint density at radius 3 is 2.93 bits per heavy atom. The van der Waals surface area contributed by atoms with Gasteiger partial charge in [-0.15, -0.1) is 24.0 Å². The first-order chi connectivity index (χ1) is 12.6. The van der Waals surface area contributed by atoms with E-state index in [4.69, 9.17) is 9.73 Å². The van der Waals surface area contributed by atoms with Gasteiger partial charge in [0.1, 0.15) is 0 Å². The summed E-state index contributed by atoms with van der Waals surface area (Å²) >= 11 is 0. The number of guanidine groups is 1. The zero-order chi connectivity index (χ0) is 18.1. The monoisotopic (exact) mass is 482 g/mol. The van der Waals surface area contributed by atoms with Crippen molar-refractivity contribution in [1.29, 1.82) is 0 Å². The van der Waals surface area contributed by atoms with Gasteiger partial charge >= 0.3 is 0 Å². The molecule has 1 aromatic carbocycles. The quantitative estimate of drug-likeness (QED) is 0.396. The molecule has 0 bridgehead atoms. The highest BCUT2D eigenvalue weighted by atomic mass is 127. The number of hydrogen-bond donors (Lipinski definition) is 2. The lowest BCUT2D eigenvalue weighted by molar-refractivity contribution is 0.156. The molecule has 3 heterocycles. The van der Waals surface area contributed by atoms with Crippen LogP contribution in [0.5, 0.6) is 0 Å². The molecule has 2 N–H and O–H groups in total. The van der Waals surface area contributed by atoms with Crippen molar-refractivity contribution in [2.24, 2.45) is 10.4 Å². The standard InChI is InChI=1S/C21H30N4O.HI/c1-4-22-20(25-9-7-21(13-25)8-10-26-14-21)23-12-17-5-6-19-18(11-17)15(2)16(3)24-19;/h5-6,11,24H,4,7-10,12-14H2,1-3H3,(H,22,23);1H. The minimum atomic E-state index is 0. The predicted octanol–water partition coefficient (Wildman–Crippen LogP) is 3.98. The fraction of sp³-hybridized carbons (Fsp3) is 0.571. The van der Waals surface area contributed by atoms with Crippen molar-refractivity contribution in [3.63, 3.8) is 0 Å². The molecule has 1 unspecified atom stereocenters. The van der Waals surface area contributed by atoms with Crippen molar-refractivity contribution in [2.45, 2.75) is 40.2 Å². The molecule has 1 atom stereocenters. The number of aryl methyl sites for hydroxylation is 2. The molecule has 0 aliphatic carbocycles. The number of rotatable bonds is 3. The summed E-state index contributed by atoms with van der Waals surface area (Å²) in [4.78, 5) is 10.8. The highest BCUT2D eigenvalue weighted by molar-refractivity contribution is 14.0. The number of hydrogen-bond acceptors (Lipinski definition) is 2. The Morgan fingerprint density at radius 1 is 1.33 bits per heavy atom. The van der Waals surface area contributed by atoms with Crippen LogP contribution in [0.25, 0.3) is 10.9 Å². The summed E-state index contributed by atoms with van der Waals surface area (Å²) in [5, 5.41) is 4.79. The van der Waals surface area contributed by atoms with Crippen molar-refractivity contribution >= 4 is 40.8 Å². The molecule has 0 saturated carbocycles. The van der Waals surface area contributed by atoms with Gasteiger partial charge in [0.05, 0.1) is 13.2 Å². The van der Waals surface area contributed by atoms with Gasteiger partial charge in [-0.05, 0) is 56.9 Å². The molecule has 4 rings (SSSR count). The van der Waals surface area contributed by atoms with E-state index in [0.717, 1.165) is 38.8 Å². The molecular formula is C21H31IN4O. The minimum Gasteiger partial charge on any atom is -0.381 e. The lowest BCUT2D eigenvalue weighted by atomic mass is 9.87. The predicted molar refractivity (Wildman–Crippen MR) is 122 cm³/mol. The van der Waals surface area contributed by atoms with Crippen LogP contribution in [-0.4, -0.2) is 48.7 Å². The SMILES string of the molecule is CCNC(=NCc1ccc2[nH]c(C)c(C)c2c1)N1CCC2(CCOC2)C1.I. The fourth-order valence-electron chi connectivity index (χ4n) is 4.29. The first kappa shape index (κ1) is 20.5. The molecule has 6 heteroatoms. The molecule has 1 spiro atoms. The van der Waals surface area contributed by atoms with Gasteiger partial charge in [-0.25, -0.2) is 4.99 Å². The van der Waals surface area contributed by atoms with Gasteiger partial charge in [-0.2, -0.15) is 0 Å². The molecular weight excluding hydrogens is 451 g/mol. The van der Waals surface area contributed by atoms with Gasteiger partial charge in [0.25, 0.3) is 0 Å². The maximum atomic E-state index is 5.66. The number of likely N-dealkylation sites (tertiary alicyclic amines) is 1. The third kappa shape index (κ3) is 4.11. The summed E-state index contributed by atoms with van der Waals surface area (Å²) in [6.45, 7) is 12.0. The van der Waals surface area contributed by atoms with E-state index in [-0.39, 0.29) is 24.0 Å². The van der Waals surface area contributed by atoms with Crippen LogP contribution in [0, 0.1) is 19.3 Å². The van der Waals surface area contributed by atoms with Gasteiger partial charge in [0, 0.05) is 48.3 Å². The molecule has 148 valence electrons. The van der Waals surface area contributed by atoms with E-state index in [0.29, 0.717) is 12.0 Å². The smallest absolute Gasteiger partial charge is 0.194 e. The van der Waals surface area contributed by atoms with E-state index in [1.54, 1.807) is 0 Å². The van der Waals surface area contributed by atoms with Crippen LogP contribution in [0.15, 0.2) is 23.2 Å². The lowest BCUT2D eigenvalue weighted by Gasteiger charge is -2.25. The zero-order valence-electron chi connectivity index (χ0n) is 16.6. The van der Waals surface area contributed by atoms with E-state index >= 15 is 0 Å². The van der Waals surface area contributed by atoms with Crippen molar-refractivity contribution in [3.8, 4) is 0 Å². The Hall–Kier alpha value is -1.28. The summed E-state index contributed by atoms with van der Waals surface area (Å²) in [6, 6.07) is 6.63. The lowest BCUT2D eigenvalue weighted by Crippen LogP contribution is -2.41. The number of aliphatic imine (C=N–C) groups is 1. The third-order valence-electron chi connectivity index (χ3n) is 6.04. The van der Waals surface area contributed by atoms with Crippen LogP contribution in [0.3, 0.4) is 0 Å². The van der Waals surface area contributed by atoms with E-state index in [2.05, 4.69) is 54.2 Å². The largest absolute Gasteiger partial charge is 0.381 e. The average molecular weight is 482 g/mol. The van der Waals surface area contributed by atoms with Crippen LogP contribution in [0.2, 0.25) is 0 Å². The molecule has 27 heavy (non-hydrogen) atoms. The second-order valence-corrected chi connectivity index (χ2v) is 7.90. The molecule has 2 fully saturated rings. The third-order valence-corrected chi connectivity index (χ3v) is 6.04. The summed E-state index contributed by atoms with van der Waals surface area (Å²) in [7, 11) is 0. The number of ether oxygens (including phenoxy) is 1. The molecule has 1 aromatic heterocycles. The second-order valence-electron chi connectivity index (χ2n) is 7.90. The number of nitrogens with one attached hydrogen (secondary N) is 2. The van der Waals surface area contributed by atoms with E-state index < -0.39 is 0 Å². The van der Waals surface area contributed by atoms with E-state index in [9.17, 15) is 0 Å². The molecule has 5 nitrogen and oxygen atoms in total. The molecule has 0 radical (unpaired) electrons. The summed E-state index contributed by atoms with van der Waals surface area (Å²) < 4.78 is 5.66. The number of fused-ring (bicyclic) bond motifs is 1. The highest BCUT2D eigenvalue weighted by Crippen LogP contribution is 2.38. The second kappa shape index (κ2) is 8.39. The highest BCUT2D eigenvalue weighted by Gasteiger charge is 2.42. The zero-order valence-corrected chi connectivity index (χ0v) is 18.9. The maximum absolute atomic E-state index is 5.66. The molecule has 2 aliphatic rings. The van der Waals surface area contributed by atoms with Crippen LogP contribution < -0.4 is 5.32 Å². The van der Waals surface area contributed by atoms with Crippen LogP contribution >= 0.6 is 24.0 Å². The van der Waals surface area contributed by atoms with Crippen molar-refractivity contribution in [1.82, 2.24) is 15.2 Å². The maximum Gasteiger partial charge on any atom is 0.194 e. The van der Waals surface area contributed by atoms with Crippen molar-refractivity contribution < 1.29 is 4.74 Å². The Balaban J connectivity index is 0.00000210. The van der Waals surface area contributed by atoms with Crippen molar-refractivity contribution in [3.05, 3.63) is 35.0 Å². The van der Waals surface area contributed by atoms with Gasteiger partial charge in [0.15, 0.2) is 5.96 Å². The Kier molecular flexibility index (Phi) is 6.35. The van der Waals surface area contributed by atoms with Gasteiger partial charge in [-0.3, -0.25) is 0 Å². The Bertz CT molecular complexity index is 823. The average Bonchev–Trinajstić information content (AvgIpc) is 3.34. The van der Waals surface area contributed by atoms with E-state index in [1.807, 2.05) is 0 Å². The number of benzene rings is 1. The molecule has 0 amide bonds. The summed E-state index contributed by atoms with van der Waals surface area (Å²) in [6.07, 6.45) is 2.40. The first-order valence-corrected chi connectivity index (χ1v) is 9.79. The fourth-order valence-corrected chi connectivity index (χ4v) is 4.29.